The predicted octanol–water partition coefficient (Wildman–Crippen LogP) is 6.58. The van der Waals surface area contributed by atoms with Crippen LogP contribution in [0.4, 0.5) is 13.2 Å². The fourth-order valence-corrected chi connectivity index (χ4v) is 3.97. The molecule has 0 heterocycles. The SMILES string of the molecule is Cc1cc(OCC(=O)O)ccc1SC/C=C(/c1ccccc1)c1ccc(OC(F)(F)F)cc1. The minimum atomic E-state index is -4.73. The van der Waals surface area contributed by atoms with Crippen LogP contribution >= 0.6 is 11.8 Å². The van der Waals surface area contributed by atoms with E-state index in [-0.39, 0.29) is 5.75 Å². The number of aliphatic carboxylic acids is 1. The van der Waals surface area contributed by atoms with Gasteiger partial charge in [-0.25, -0.2) is 4.79 Å². The number of ether oxygens (including phenoxy) is 2. The lowest BCUT2D eigenvalue weighted by Crippen LogP contribution is -2.17. The van der Waals surface area contributed by atoms with Crippen molar-refractivity contribution in [2.45, 2.75) is 18.2 Å². The predicted molar refractivity (Wildman–Crippen MR) is 122 cm³/mol. The van der Waals surface area contributed by atoms with E-state index in [1.54, 1.807) is 36.0 Å². The zero-order chi connectivity index (χ0) is 23.8. The molecule has 0 amide bonds. The first-order valence-corrected chi connectivity index (χ1v) is 10.9. The molecule has 0 atom stereocenters. The van der Waals surface area contributed by atoms with Crippen LogP contribution in [-0.2, 0) is 4.79 Å². The van der Waals surface area contributed by atoms with Gasteiger partial charge in [-0.3, -0.25) is 0 Å². The maximum absolute atomic E-state index is 12.5. The zero-order valence-corrected chi connectivity index (χ0v) is 18.5. The van der Waals surface area contributed by atoms with Crippen molar-refractivity contribution < 1.29 is 32.5 Å². The first kappa shape index (κ1) is 24.3. The molecular weight excluding hydrogens is 453 g/mol. The van der Waals surface area contributed by atoms with Crippen LogP contribution in [0.1, 0.15) is 16.7 Å². The molecule has 0 unspecified atom stereocenters. The Bertz CT molecular complexity index is 1110. The Labute approximate surface area is 193 Å². The van der Waals surface area contributed by atoms with Crippen LogP contribution in [0.15, 0.2) is 83.8 Å². The van der Waals surface area contributed by atoms with Gasteiger partial charge in [0.05, 0.1) is 0 Å². The monoisotopic (exact) mass is 474 g/mol. The van der Waals surface area contributed by atoms with Gasteiger partial charge in [-0.2, -0.15) is 0 Å². The number of hydrogen-bond donors (Lipinski definition) is 1. The summed E-state index contributed by atoms with van der Waals surface area (Å²) >= 11 is 1.59. The molecule has 1 N–H and O–H groups in total. The molecule has 33 heavy (non-hydrogen) atoms. The van der Waals surface area contributed by atoms with Gasteiger partial charge < -0.3 is 14.6 Å². The molecule has 3 aromatic rings. The molecule has 8 heteroatoms. The first-order valence-electron chi connectivity index (χ1n) is 9.91. The molecule has 3 rings (SSSR count). The number of thioether (sulfide) groups is 1. The number of halogens is 3. The van der Waals surface area contributed by atoms with Crippen LogP contribution in [0.5, 0.6) is 11.5 Å². The highest BCUT2D eigenvalue weighted by Crippen LogP contribution is 2.30. The van der Waals surface area contributed by atoms with Gasteiger partial charge in [0, 0.05) is 10.6 Å². The number of benzene rings is 3. The fraction of sp³-hybridized carbons (Fsp3) is 0.160. The summed E-state index contributed by atoms with van der Waals surface area (Å²) < 4.78 is 46.5. The second-order valence-corrected chi connectivity index (χ2v) is 8.04. The molecule has 0 bridgehead atoms. The number of hydrogen-bond acceptors (Lipinski definition) is 4. The topological polar surface area (TPSA) is 55.8 Å². The van der Waals surface area contributed by atoms with Crippen LogP contribution in [0.2, 0.25) is 0 Å². The highest BCUT2D eigenvalue weighted by Gasteiger charge is 2.31. The van der Waals surface area contributed by atoms with E-state index in [4.69, 9.17) is 9.84 Å². The molecule has 0 aliphatic rings. The third-order valence-corrected chi connectivity index (χ3v) is 5.62. The van der Waals surface area contributed by atoms with Crippen molar-refractivity contribution in [2.24, 2.45) is 0 Å². The number of alkyl halides is 3. The van der Waals surface area contributed by atoms with Gasteiger partial charge in [-0.15, -0.1) is 24.9 Å². The van der Waals surface area contributed by atoms with Crippen LogP contribution in [0.25, 0.3) is 5.57 Å². The number of carboxylic acids is 1. The van der Waals surface area contributed by atoms with Crippen molar-refractivity contribution in [3.8, 4) is 11.5 Å². The summed E-state index contributed by atoms with van der Waals surface area (Å²) in [4.78, 5) is 11.7. The van der Waals surface area contributed by atoms with Crippen LogP contribution in [0.3, 0.4) is 0 Å². The molecule has 4 nitrogen and oxygen atoms in total. The maximum Gasteiger partial charge on any atom is 0.573 e. The second kappa shape index (κ2) is 11.0. The van der Waals surface area contributed by atoms with Gasteiger partial charge in [-0.1, -0.05) is 48.5 Å². The molecule has 0 aliphatic carbocycles. The number of aryl methyl sites for hydroxylation is 1. The van der Waals surface area contributed by atoms with Crippen molar-refractivity contribution >= 4 is 23.3 Å². The van der Waals surface area contributed by atoms with Crippen LogP contribution < -0.4 is 9.47 Å². The van der Waals surface area contributed by atoms with E-state index in [0.29, 0.717) is 11.5 Å². The Morgan fingerprint density at radius 2 is 1.61 bits per heavy atom. The lowest BCUT2D eigenvalue weighted by molar-refractivity contribution is -0.274. The molecule has 0 aromatic heterocycles. The average molecular weight is 475 g/mol. The Morgan fingerprint density at radius 3 is 2.21 bits per heavy atom. The Hall–Kier alpha value is -3.39. The first-order chi connectivity index (χ1) is 15.7. The van der Waals surface area contributed by atoms with Crippen molar-refractivity contribution in [1.29, 1.82) is 0 Å². The summed E-state index contributed by atoms with van der Waals surface area (Å²) in [6.07, 6.45) is -2.71. The molecule has 0 fully saturated rings. The van der Waals surface area contributed by atoms with E-state index in [9.17, 15) is 18.0 Å². The minimum absolute atomic E-state index is 0.270. The molecule has 0 saturated carbocycles. The highest BCUT2D eigenvalue weighted by molar-refractivity contribution is 7.99. The van der Waals surface area contributed by atoms with E-state index in [2.05, 4.69) is 4.74 Å². The summed E-state index contributed by atoms with van der Waals surface area (Å²) in [7, 11) is 0. The average Bonchev–Trinajstić information content (AvgIpc) is 2.77. The Kier molecular flexibility index (Phi) is 8.06. The smallest absolute Gasteiger partial charge is 0.482 e. The van der Waals surface area contributed by atoms with Crippen molar-refractivity contribution in [2.75, 3.05) is 12.4 Å². The molecule has 172 valence electrons. The molecule has 0 radical (unpaired) electrons. The van der Waals surface area contributed by atoms with Gasteiger partial charge in [-0.05, 0) is 59.5 Å². The zero-order valence-electron chi connectivity index (χ0n) is 17.6. The molecule has 3 aromatic carbocycles. The van der Waals surface area contributed by atoms with Gasteiger partial charge in [0.2, 0.25) is 0 Å². The van der Waals surface area contributed by atoms with Crippen LogP contribution in [-0.4, -0.2) is 29.8 Å². The summed E-state index contributed by atoms with van der Waals surface area (Å²) in [5.74, 6) is -0.209. The lowest BCUT2D eigenvalue weighted by atomic mass is 9.98. The summed E-state index contributed by atoms with van der Waals surface area (Å²) in [6, 6.07) is 20.8. The number of rotatable bonds is 9. The molecular formula is C25H21F3O4S. The Balaban J connectivity index is 1.77. The van der Waals surface area contributed by atoms with Gasteiger partial charge >= 0.3 is 12.3 Å². The number of carbonyl (C=O) groups is 1. The fourth-order valence-electron chi connectivity index (χ4n) is 3.09. The van der Waals surface area contributed by atoms with Crippen molar-refractivity contribution in [3.63, 3.8) is 0 Å². The van der Waals surface area contributed by atoms with Gasteiger partial charge in [0.1, 0.15) is 11.5 Å². The number of carboxylic acid groups (broad SMARTS) is 1. The minimum Gasteiger partial charge on any atom is -0.482 e. The summed E-state index contributed by atoms with van der Waals surface area (Å²) in [6.45, 7) is 1.51. The van der Waals surface area contributed by atoms with Crippen LogP contribution in [0, 0.1) is 6.92 Å². The van der Waals surface area contributed by atoms with Crippen molar-refractivity contribution in [3.05, 3.63) is 95.6 Å². The van der Waals surface area contributed by atoms with E-state index in [0.717, 1.165) is 27.2 Å². The van der Waals surface area contributed by atoms with E-state index in [1.807, 2.05) is 49.4 Å². The third-order valence-electron chi connectivity index (χ3n) is 4.52. The summed E-state index contributed by atoms with van der Waals surface area (Å²) in [5, 5.41) is 8.73. The van der Waals surface area contributed by atoms with Gasteiger partial charge in [0.25, 0.3) is 0 Å². The van der Waals surface area contributed by atoms with E-state index < -0.39 is 18.9 Å². The highest BCUT2D eigenvalue weighted by atomic mass is 32.2. The largest absolute Gasteiger partial charge is 0.573 e. The Morgan fingerprint density at radius 1 is 0.970 bits per heavy atom. The quantitative estimate of drug-likeness (QED) is 0.355. The standard InChI is InChI=1S/C25H21F3O4S/c1-17-15-21(31-16-24(29)30)11-12-23(17)33-14-13-22(18-5-3-2-4-6-18)19-7-9-20(10-8-19)32-25(26,27)28/h2-13,15H,14,16H2,1H3,(H,29,30)/b22-13-. The molecule has 0 spiro atoms. The van der Waals surface area contributed by atoms with Crippen molar-refractivity contribution in [1.82, 2.24) is 0 Å². The van der Waals surface area contributed by atoms with E-state index >= 15 is 0 Å². The van der Waals surface area contributed by atoms with E-state index in [1.165, 1.54) is 12.1 Å². The maximum atomic E-state index is 12.5. The van der Waals surface area contributed by atoms with Gasteiger partial charge in [0.15, 0.2) is 6.61 Å². The third kappa shape index (κ3) is 7.61. The molecule has 0 saturated heterocycles. The lowest BCUT2D eigenvalue weighted by Gasteiger charge is -2.12. The normalized spacial score (nSPS) is 11.8. The molecule has 0 aliphatic heterocycles. The second-order valence-electron chi connectivity index (χ2n) is 6.98. The summed E-state index contributed by atoms with van der Waals surface area (Å²) in [5.41, 5.74) is 3.55.